The summed E-state index contributed by atoms with van der Waals surface area (Å²) in [6.45, 7) is 8.29. The Hall–Kier alpha value is -1.51. The molecule has 21 heavy (non-hydrogen) atoms. The van der Waals surface area contributed by atoms with Gasteiger partial charge < -0.3 is 10.5 Å². The van der Waals surface area contributed by atoms with Gasteiger partial charge in [-0.2, -0.15) is 0 Å². The van der Waals surface area contributed by atoms with Gasteiger partial charge in [-0.05, 0) is 54.7 Å². The van der Waals surface area contributed by atoms with E-state index in [1.165, 1.54) is 5.56 Å². The van der Waals surface area contributed by atoms with Crippen LogP contribution in [-0.4, -0.2) is 0 Å². The summed E-state index contributed by atoms with van der Waals surface area (Å²) in [4.78, 5) is 0. The van der Waals surface area contributed by atoms with Gasteiger partial charge in [-0.25, -0.2) is 0 Å². The van der Waals surface area contributed by atoms with Crippen molar-refractivity contribution in [2.24, 2.45) is 5.73 Å². The standard InChI is InChI=1S/C18H22ClNO/c1-11(2)15-7-5-12(3)9-18(15)21-17-8-6-14(13(4)20)10-16(17)19/h5-11,13H,20H2,1-4H3/t13-/m1/s1. The van der Waals surface area contributed by atoms with Gasteiger partial charge in [0.2, 0.25) is 0 Å². The van der Waals surface area contributed by atoms with Crippen molar-refractivity contribution in [3.8, 4) is 11.5 Å². The van der Waals surface area contributed by atoms with E-state index >= 15 is 0 Å². The molecule has 2 rings (SSSR count). The van der Waals surface area contributed by atoms with Crippen LogP contribution in [0.15, 0.2) is 36.4 Å². The fraction of sp³-hybridized carbons (Fsp3) is 0.333. The van der Waals surface area contributed by atoms with E-state index in [0.29, 0.717) is 16.7 Å². The number of rotatable bonds is 4. The minimum absolute atomic E-state index is 0.0401. The van der Waals surface area contributed by atoms with Crippen molar-refractivity contribution >= 4 is 11.6 Å². The predicted molar refractivity (Wildman–Crippen MR) is 89.4 cm³/mol. The van der Waals surface area contributed by atoms with E-state index in [2.05, 4.69) is 32.9 Å². The highest BCUT2D eigenvalue weighted by Crippen LogP contribution is 2.35. The molecule has 0 bridgehead atoms. The van der Waals surface area contributed by atoms with E-state index in [1.54, 1.807) is 0 Å². The van der Waals surface area contributed by atoms with Crippen molar-refractivity contribution < 1.29 is 4.74 Å². The number of halogens is 1. The van der Waals surface area contributed by atoms with Gasteiger partial charge in [0.1, 0.15) is 11.5 Å². The van der Waals surface area contributed by atoms with Crippen molar-refractivity contribution in [3.63, 3.8) is 0 Å². The van der Waals surface area contributed by atoms with Gasteiger partial charge in [0.05, 0.1) is 5.02 Å². The summed E-state index contributed by atoms with van der Waals surface area (Å²) in [5.41, 5.74) is 9.21. The number of hydrogen-bond donors (Lipinski definition) is 1. The third-order valence-electron chi connectivity index (χ3n) is 3.49. The summed E-state index contributed by atoms with van der Waals surface area (Å²) < 4.78 is 6.04. The maximum Gasteiger partial charge on any atom is 0.146 e. The monoisotopic (exact) mass is 303 g/mol. The van der Waals surface area contributed by atoms with Crippen molar-refractivity contribution in [2.75, 3.05) is 0 Å². The number of hydrogen-bond acceptors (Lipinski definition) is 2. The molecule has 0 radical (unpaired) electrons. The maximum atomic E-state index is 6.31. The first-order chi connectivity index (χ1) is 9.88. The van der Waals surface area contributed by atoms with E-state index in [9.17, 15) is 0 Å². The Bertz CT molecular complexity index is 635. The second kappa shape index (κ2) is 6.50. The molecule has 2 aromatic rings. The van der Waals surface area contributed by atoms with Crippen LogP contribution >= 0.6 is 11.6 Å². The van der Waals surface area contributed by atoms with E-state index in [-0.39, 0.29) is 6.04 Å². The summed E-state index contributed by atoms with van der Waals surface area (Å²) in [7, 11) is 0. The van der Waals surface area contributed by atoms with Gasteiger partial charge in [-0.15, -0.1) is 0 Å². The maximum absolute atomic E-state index is 6.31. The minimum atomic E-state index is -0.0401. The molecule has 3 heteroatoms. The van der Waals surface area contributed by atoms with Crippen LogP contribution in [-0.2, 0) is 0 Å². The van der Waals surface area contributed by atoms with Crippen LogP contribution in [0.3, 0.4) is 0 Å². The molecule has 2 nitrogen and oxygen atoms in total. The van der Waals surface area contributed by atoms with Crippen LogP contribution < -0.4 is 10.5 Å². The lowest BCUT2D eigenvalue weighted by Gasteiger charge is -2.16. The average Bonchev–Trinajstić information content (AvgIpc) is 2.40. The molecule has 0 aliphatic carbocycles. The van der Waals surface area contributed by atoms with Crippen LogP contribution in [0.1, 0.15) is 49.4 Å². The molecule has 0 fully saturated rings. The quantitative estimate of drug-likeness (QED) is 0.799. The van der Waals surface area contributed by atoms with Crippen molar-refractivity contribution in [1.82, 2.24) is 0 Å². The first kappa shape index (κ1) is 15.9. The first-order valence-corrected chi connectivity index (χ1v) is 7.59. The van der Waals surface area contributed by atoms with E-state index in [1.807, 2.05) is 31.2 Å². The Kier molecular flexibility index (Phi) is 4.92. The van der Waals surface area contributed by atoms with Crippen LogP contribution in [0.2, 0.25) is 5.02 Å². The molecule has 0 aliphatic heterocycles. The third-order valence-corrected chi connectivity index (χ3v) is 3.79. The summed E-state index contributed by atoms with van der Waals surface area (Å²) in [5, 5.41) is 0.584. The Morgan fingerprint density at radius 2 is 1.71 bits per heavy atom. The fourth-order valence-electron chi connectivity index (χ4n) is 2.21. The summed E-state index contributed by atoms with van der Waals surface area (Å²) in [6, 6.07) is 11.9. The van der Waals surface area contributed by atoms with Gasteiger partial charge in [-0.3, -0.25) is 0 Å². The van der Waals surface area contributed by atoms with Gasteiger partial charge in [0, 0.05) is 6.04 Å². The lowest BCUT2D eigenvalue weighted by molar-refractivity contribution is 0.472. The molecule has 2 N–H and O–H groups in total. The molecule has 0 aliphatic rings. The van der Waals surface area contributed by atoms with E-state index in [0.717, 1.165) is 16.9 Å². The molecule has 0 heterocycles. The van der Waals surface area contributed by atoms with Crippen molar-refractivity contribution in [2.45, 2.75) is 39.7 Å². The second-order valence-corrected chi connectivity index (χ2v) is 6.18. The molecule has 112 valence electrons. The molecule has 0 unspecified atom stereocenters. The molecule has 0 amide bonds. The number of ether oxygens (including phenoxy) is 1. The van der Waals surface area contributed by atoms with E-state index in [4.69, 9.17) is 22.1 Å². The Morgan fingerprint density at radius 1 is 1.00 bits per heavy atom. The molecule has 0 spiro atoms. The van der Waals surface area contributed by atoms with Gasteiger partial charge >= 0.3 is 0 Å². The zero-order valence-corrected chi connectivity index (χ0v) is 13.7. The number of benzene rings is 2. The molecule has 0 saturated carbocycles. The molecular formula is C18H22ClNO. The highest BCUT2D eigenvalue weighted by molar-refractivity contribution is 6.32. The average molecular weight is 304 g/mol. The summed E-state index contributed by atoms with van der Waals surface area (Å²) in [6.07, 6.45) is 0. The Morgan fingerprint density at radius 3 is 2.29 bits per heavy atom. The zero-order valence-electron chi connectivity index (χ0n) is 13.0. The lowest BCUT2D eigenvalue weighted by atomic mass is 10.0. The normalized spacial score (nSPS) is 12.5. The number of aryl methyl sites for hydroxylation is 1. The third kappa shape index (κ3) is 3.78. The smallest absolute Gasteiger partial charge is 0.146 e. The Labute approximate surface area is 131 Å². The molecular weight excluding hydrogens is 282 g/mol. The predicted octanol–water partition coefficient (Wildman–Crippen LogP) is 5.58. The van der Waals surface area contributed by atoms with Gasteiger partial charge in [0.25, 0.3) is 0 Å². The SMILES string of the molecule is Cc1ccc(C(C)C)c(Oc2ccc([C@@H](C)N)cc2Cl)c1. The van der Waals surface area contributed by atoms with Gasteiger partial charge in [-0.1, -0.05) is 43.6 Å². The van der Waals surface area contributed by atoms with Crippen LogP contribution in [0.4, 0.5) is 0 Å². The molecule has 0 aromatic heterocycles. The topological polar surface area (TPSA) is 35.2 Å². The van der Waals surface area contributed by atoms with Crippen LogP contribution in [0.5, 0.6) is 11.5 Å². The zero-order chi connectivity index (χ0) is 15.6. The molecule has 1 atom stereocenters. The summed E-state index contributed by atoms with van der Waals surface area (Å²) in [5.74, 6) is 1.91. The largest absolute Gasteiger partial charge is 0.455 e. The minimum Gasteiger partial charge on any atom is -0.455 e. The van der Waals surface area contributed by atoms with Crippen LogP contribution in [0.25, 0.3) is 0 Å². The summed E-state index contributed by atoms with van der Waals surface area (Å²) >= 11 is 6.31. The van der Waals surface area contributed by atoms with E-state index < -0.39 is 0 Å². The number of nitrogens with two attached hydrogens (primary N) is 1. The Balaban J connectivity index is 2.36. The molecule has 0 saturated heterocycles. The highest BCUT2D eigenvalue weighted by atomic mass is 35.5. The molecule has 2 aromatic carbocycles. The lowest BCUT2D eigenvalue weighted by Crippen LogP contribution is -2.04. The van der Waals surface area contributed by atoms with Gasteiger partial charge in [0.15, 0.2) is 0 Å². The first-order valence-electron chi connectivity index (χ1n) is 7.22. The second-order valence-electron chi connectivity index (χ2n) is 5.78. The van der Waals surface area contributed by atoms with Crippen molar-refractivity contribution in [3.05, 3.63) is 58.1 Å². The van der Waals surface area contributed by atoms with Crippen LogP contribution in [0, 0.1) is 6.92 Å². The fourth-order valence-corrected chi connectivity index (χ4v) is 2.44. The van der Waals surface area contributed by atoms with Crippen molar-refractivity contribution in [1.29, 1.82) is 0 Å². The highest BCUT2D eigenvalue weighted by Gasteiger charge is 2.12.